The highest BCUT2D eigenvalue weighted by Gasteiger charge is 2.33. The predicted molar refractivity (Wildman–Crippen MR) is 92.9 cm³/mol. The Balaban J connectivity index is 1.55. The Morgan fingerprint density at radius 2 is 2.16 bits per heavy atom. The van der Waals surface area contributed by atoms with Crippen molar-refractivity contribution in [2.45, 2.75) is 38.6 Å². The summed E-state index contributed by atoms with van der Waals surface area (Å²) in [7, 11) is 0. The van der Waals surface area contributed by atoms with Crippen LogP contribution in [0.5, 0.6) is 0 Å². The number of amides is 2. The fourth-order valence-electron chi connectivity index (χ4n) is 3.12. The van der Waals surface area contributed by atoms with Gasteiger partial charge >= 0.3 is 0 Å². The molecule has 0 spiro atoms. The number of nitrogens with one attached hydrogen (secondary N) is 3. The minimum atomic E-state index is -0.322. The summed E-state index contributed by atoms with van der Waals surface area (Å²) < 4.78 is 13.3. The van der Waals surface area contributed by atoms with Crippen LogP contribution >= 0.6 is 0 Å². The maximum atomic E-state index is 13.3. The summed E-state index contributed by atoms with van der Waals surface area (Å²) in [5, 5.41) is 5.81. The average Bonchev–Trinajstić information content (AvgIpc) is 3.00. The van der Waals surface area contributed by atoms with Gasteiger partial charge in [0.1, 0.15) is 5.82 Å². The lowest BCUT2D eigenvalue weighted by Gasteiger charge is -2.30. The van der Waals surface area contributed by atoms with Gasteiger partial charge in [-0.2, -0.15) is 0 Å². The number of benzene rings is 1. The third-order valence-corrected chi connectivity index (χ3v) is 4.77. The van der Waals surface area contributed by atoms with Gasteiger partial charge in [0.25, 0.3) is 5.91 Å². The second-order valence-electron chi connectivity index (χ2n) is 6.44. The smallest absolute Gasteiger partial charge is 0.253 e. The maximum Gasteiger partial charge on any atom is 0.253 e. The summed E-state index contributed by atoms with van der Waals surface area (Å²) in [5.74, 6) is -0.903. The molecule has 1 aromatic carbocycles. The molecule has 2 amide bonds. The number of hydrogen-bond acceptors (Lipinski definition) is 2. The first kappa shape index (κ1) is 17.2. The topological polar surface area (TPSA) is 74.0 Å². The average molecular weight is 343 g/mol. The molecule has 2 aromatic rings. The summed E-state index contributed by atoms with van der Waals surface area (Å²) in [4.78, 5) is 27.6. The molecule has 3 rings (SSSR count). The van der Waals surface area contributed by atoms with Crippen molar-refractivity contribution in [2.75, 3.05) is 6.54 Å². The number of carbonyl (C=O) groups is 2. The Hall–Kier alpha value is -2.63. The quantitative estimate of drug-likeness (QED) is 0.754. The second-order valence-corrected chi connectivity index (χ2v) is 6.44. The summed E-state index contributed by atoms with van der Waals surface area (Å²) in [6.07, 6.45) is 3.05. The number of halogens is 1. The summed E-state index contributed by atoms with van der Waals surface area (Å²) in [5.41, 5.74) is 3.19. The number of hydrogen-bond donors (Lipinski definition) is 3. The van der Waals surface area contributed by atoms with Gasteiger partial charge in [-0.25, -0.2) is 4.39 Å². The monoisotopic (exact) mass is 343 g/mol. The van der Waals surface area contributed by atoms with E-state index in [2.05, 4.69) is 15.6 Å². The molecule has 1 heterocycles. The molecule has 3 N–H and O–H groups in total. The van der Waals surface area contributed by atoms with Gasteiger partial charge in [-0.1, -0.05) is 13.0 Å². The number of carbonyl (C=O) groups excluding carboxylic acids is 2. The van der Waals surface area contributed by atoms with E-state index in [1.54, 1.807) is 18.3 Å². The molecule has 0 bridgehead atoms. The Morgan fingerprint density at radius 1 is 1.36 bits per heavy atom. The molecule has 1 aliphatic carbocycles. The fraction of sp³-hybridized carbons (Fsp3) is 0.368. The van der Waals surface area contributed by atoms with Crippen LogP contribution in [0.1, 0.15) is 46.4 Å². The van der Waals surface area contributed by atoms with E-state index >= 15 is 0 Å². The van der Waals surface area contributed by atoms with Crippen molar-refractivity contribution in [1.82, 2.24) is 15.6 Å². The number of aromatic amines is 1. The second kappa shape index (κ2) is 7.09. The molecule has 0 radical (unpaired) electrons. The van der Waals surface area contributed by atoms with Gasteiger partial charge < -0.3 is 15.6 Å². The van der Waals surface area contributed by atoms with Gasteiger partial charge in [-0.05, 0) is 49.1 Å². The van der Waals surface area contributed by atoms with Crippen LogP contribution in [0, 0.1) is 12.7 Å². The molecule has 1 aliphatic rings. The number of rotatable bonds is 6. The van der Waals surface area contributed by atoms with Gasteiger partial charge in [0.05, 0.1) is 11.5 Å². The van der Waals surface area contributed by atoms with E-state index in [0.717, 1.165) is 16.8 Å². The molecule has 25 heavy (non-hydrogen) atoms. The van der Waals surface area contributed by atoms with Crippen molar-refractivity contribution >= 4 is 11.8 Å². The number of fused-ring (bicyclic) bond motifs is 1. The van der Waals surface area contributed by atoms with Crippen molar-refractivity contribution < 1.29 is 14.0 Å². The summed E-state index contributed by atoms with van der Waals surface area (Å²) in [6, 6.07) is 6.14. The van der Waals surface area contributed by atoms with Crippen LogP contribution in [0.3, 0.4) is 0 Å². The maximum absolute atomic E-state index is 13.3. The highest BCUT2D eigenvalue weighted by molar-refractivity contribution is 5.95. The molecule has 2 atom stereocenters. The van der Waals surface area contributed by atoms with E-state index in [1.165, 1.54) is 12.1 Å². The van der Waals surface area contributed by atoms with Crippen molar-refractivity contribution in [3.8, 4) is 0 Å². The molecule has 0 saturated heterocycles. The van der Waals surface area contributed by atoms with Crippen molar-refractivity contribution in [2.24, 2.45) is 0 Å². The molecule has 0 saturated carbocycles. The lowest BCUT2D eigenvalue weighted by Crippen LogP contribution is -2.46. The Labute approximate surface area is 146 Å². The molecule has 0 aliphatic heterocycles. The van der Waals surface area contributed by atoms with Gasteiger partial charge in [-0.15, -0.1) is 0 Å². The standard InChI is InChI=1S/C19H22FN3O2/c1-3-14(10-22-18(24)15-6-7-21-11(15)2)23-19(25)17-8-12-4-5-13(20)9-16(12)17/h4-7,9,14,17,21H,3,8,10H2,1-2H3,(H,22,24)(H,23,25). The zero-order valence-corrected chi connectivity index (χ0v) is 14.4. The third-order valence-electron chi connectivity index (χ3n) is 4.77. The van der Waals surface area contributed by atoms with Crippen LogP contribution in [-0.4, -0.2) is 29.4 Å². The van der Waals surface area contributed by atoms with Crippen molar-refractivity contribution in [3.63, 3.8) is 0 Å². The lowest BCUT2D eigenvalue weighted by molar-refractivity contribution is -0.123. The zero-order chi connectivity index (χ0) is 18.0. The van der Waals surface area contributed by atoms with Crippen LogP contribution < -0.4 is 10.6 Å². The first-order valence-corrected chi connectivity index (χ1v) is 8.50. The van der Waals surface area contributed by atoms with Crippen LogP contribution in [0.2, 0.25) is 0 Å². The van der Waals surface area contributed by atoms with E-state index in [1.807, 2.05) is 13.8 Å². The third kappa shape index (κ3) is 3.57. The minimum Gasteiger partial charge on any atom is -0.365 e. The van der Waals surface area contributed by atoms with E-state index in [9.17, 15) is 14.0 Å². The largest absolute Gasteiger partial charge is 0.365 e. The molecule has 0 fully saturated rings. The van der Waals surface area contributed by atoms with Crippen LogP contribution in [-0.2, 0) is 11.2 Å². The lowest BCUT2D eigenvalue weighted by atomic mass is 9.77. The van der Waals surface area contributed by atoms with Gasteiger partial charge in [0.15, 0.2) is 0 Å². The SMILES string of the molecule is CCC(CNC(=O)c1cc[nH]c1C)NC(=O)C1Cc2ccc(F)cc21. The van der Waals surface area contributed by atoms with Crippen LogP contribution in [0.4, 0.5) is 4.39 Å². The van der Waals surface area contributed by atoms with Crippen molar-refractivity contribution in [3.05, 3.63) is 58.7 Å². The predicted octanol–water partition coefficient (Wildman–Crippen LogP) is 2.43. The van der Waals surface area contributed by atoms with E-state index in [0.29, 0.717) is 24.9 Å². The highest BCUT2D eigenvalue weighted by Crippen LogP contribution is 2.35. The van der Waals surface area contributed by atoms with Gasteiger partial charge in [-0.3, -0.25) is 9.59 Å². The van der Waals surface area contributed by atoms with Crippen molar-refractivity contribution in [1.29, 1.82) is 0 Å². The fourth-order valence-corrected chi connectivity index (χ4v) is 3.12. The molecular weight excluding hydrogens is 321 g/mol. The van der Waals surface area contributed by atoms with Gasteiger partial charge in [0.2, 0.25) is 5.91 Å². The molecule has 5 nitrogen and oxygen atoms in total. The summed E-state index contributed by atoms with van der Waals surface area (Å²) >= 11 is 0. The zero-order valence-electron chi connectivity index (χ0n) is 14.4. The number of aromatic nitrogens is 1. The Morgan fingerprint density at radius 3 is 2.84 bits per heavy atom. The van der Waals surface area contributed by atoms with E-state index in [4.69, 9.17) is 0 Å². The number of aryl methyl sites for hydroxylation is 1. The first-order chi connectivity index (χ1) is 12.0. The molecule has 1 aromatic heterocycles. The first-order valence-electron chi connectivity index (χ1n) is 8.50. The van der Waals surface area contributed by atoms with Crippen LogP contribution in [0.15, 0.2) is 30.5 Å². The van der Waals surface area contributed by atoms with E-state index in [-0.39, 0.29) is 29.6 Å². The molecule has 132 valence electrons. The minimum absolute atomic E-state index is 0.114. The Bertz CT molecular complexity index is 800. The normalized spacial score (nSPS) is 16.5. The number of H-pyrrole nitrogens is 1. The van der Waals surface area contributed by atoms with Gasteiger partial charge in [0, 0.05) is 24.5 Å². The molecule has 6 heteroatoms. The molecule has 2 unspecified atom stereocenters. The Kier molecular flexibility index (Phi) is 4.88. The van der Waals surface area contributed by atoms with Crippen LogP contribution in [0.25, 0.3) is 0 Å². The summed E-state index contributed by atoms with van der Waals surface area (Å²) in [6.45, 7) is 4.14. The van der Waals surface area contributed by atoms with E-state index < -0.39 is 0 Å². The highest BCUT2D eigenvalue weighted by atomic mass is 19.1. The molecular formula is C19H22FN3O2.